The zero-order valence-corrected chi connectivity index (χ0v) is 2.55. The van der Waals surface area contributed by atoms with Crippen molar-refractivity contribution in [2.75, 3.05) is 6.73 Å². The standard InChI is InChI=1S/C2H3NO2/c4-1-3-2-5-3/h1H,2H2. The van der Waals surface area contributed by atoms with E-state index in [9.17, 15) is 4.79 Å². The van der Waals surface area contributed by atoms with Crippen molar-refractivity contribution in [1.29, 1.82) is 0 Å². The van der Waals surface area contributed by atoms with Gasteiger partial charge in [0.25, 0.3) is 0 Å². The minimum absolute atomic E-state index is 0.476. The molecule has 0 radical (unpaired) electrons. The van der Waals surface area contributed by atoms with E-state index in [1.54, 1.807) is 0 Å². The quantitative estimate of drug-likeness (QED) is 0.305. The fraction of sp³-hybridized carbons (Fsp3) is 0.500. The van der Waals surface area contributed by atoms with Gasteiger partial charge in [-0.25, -0.2) is 4.84 Å². The van der Waals surface area contributed by atoms with Crippen molar-refractivity contribution < 1.29 is 9.63 Å². The van der Waals surface area contributed by atoms with Gasteiger partial charge in [-0.15, -0.1) is 0 Å². The maximum absolute atomic E-state index is 9.37. The van der Waals surface area contributed by atoms with E-state index in [-0.39, 0.29) is 0 Å². The largest absolute Gasteiger partial charge is 0.276 e. The maximum Gasteiger partial charge on any atom is 0.235 e. The van der Waals surface area contributed by atoms with Gasteiger partial charge in [0.2, 0.25) is 6.41 Å². The first-order chi connectivity index (χ1) is 2.43. The molecular weight excluding hydrogens is 70.0 g/mol. The molecule has 0 N–H and O–H groups in total. The van der Waals surface area contributed by atoms with Crippen LogP contribution in [0.1, 0.15) is 0 Å². The fourth-order valence-corrected chi connectivity index (χ4v) is 0.0942. The summed E-state index contributed by atoms with van der Waals surface area (Å²) in [7, 11) is 0. The van der Waals surface area contributed by atoms with Crippen LogP contribution in [0, 0.1) is 0 Å². The molecule has 0 spiro atoms. The minimum Gasteiger partial charge on any atom is -0.276 e. The molecule has 0 bridgehead atoms. The van der Waals surface area contributed by atoms with Gasteiger partial charge in [0.1, 0.15) is 0 Å². The molecule has 0 aliphatic carbocycles. The first-order valence-corrected chi connectivity index (χ1v) is 1.28. The normalized spacial score (nSPS) is 18.8. The summed E-state index contributed by atoms with van der Waals surface area (Å²) in [4.78, 5) is 13.7. The van der Waals surface area contributed by atoms with E-state index in [1.807, 2.05) is 0 Å². The van der Waals surface area contributed by atoms with Crippen LogP contribution >= 0.6 is 0 Å². The predicted octanol–water partition coefficient (Wildman–Crippen LogP) is -0.653. The molecule has 0 aromatic carbocycles. The average Bonchev–Trinajstić information content (AvgIpc) is 2.12. The van der Waals surface area contributed by atoms with Crippen LogP contribution < -0.4 is 0 Å². The van der Waals surface area contributed by atoms with Crippen LogP contribution in [-0.4, -0.2) is 18.2 Å². The van der Waals surface area contributed by atoms with E-state index in [1.165, 1.54) is 5.06 Å². The third-order valence-electron chi connectivity index (χ3n) is 0.396. The van der Waals surface area contributed by atoms with Gasteiger partial charge in [-0.1, -0.05) is 0 Å². The van der Waals surface area contributed by atoms with Crippen LogP contribution in [0.3, 0.4) is 0 Å². The Labute approximate surface area is 29.1 Å². The Balaban J connectivity index is 2.21. The second-order valence-electron chi connectivity index (χ2n) is 0.781. The number of rotatable bonds is 1. The highest BCUT2D eigenvalue weighted by Crippen LogP contribution is 1.98. The van der Waals surface area contributed by atoms with Crippen molar-refractivity contribution >= 4 is 6.41 Å². The molecule has 5 heavy (non-hydrogen) atoms. The van der Waals surface area contributed by atoms with Crippen LogP contribution in [0.4, 0.5) is 0 Å². The molecule has 0 saturated carbocycles. The molecular formula is C2H3NO2. The zero-order chi connectivity index (χ0) is 3.70. The first kappa shape index (κ1) is 2.66. The van der Waals surface area contributed by atoms with Gasteiger partial charge in [0.05, 0.1) is 0 Å². The van der Waals surface area contributed by atoms with Crippen LogP contribution in [0.2, 0.25) is 0 Å². The number of carbonyl (C=O) groups is 1. The number of hydrogen-bond acceptors (Lipinski definition) is 2. The summed E-state index contributed by atoms with van der Waals surface area (Å²) in [6, 6.07) is 0. The Morgan fingerprint density at radius 3 is 2.60 bits per heavy atom. The summed E-state index contributed by atoms with van der Waals surface area (Å²) < 4.78 is 0. The van der Waals surface area contributed by atoms with Gasteiger partial charge >= 0.3 is 0 Å². The van der Waals surface area contributed by atoms with Crippen molar-refractivity contribution in [3.05, 3.63) is 0 Å². The lowest BCUT2D eigenvalue weighted by Gasteiger charge is -1.64. The molecule has 1 aliphatic rings. The molecule has 1 fully saturated rings. The van der Waals surface area contributed by atoms with Crippen molar-refractivity contribution in [3.63, 3.8) is 0 Å². The van der Waals surface area contributed by atoms with Gasteiger partial charge in [-0.2, -0.15) is 5.06 Å². The monoisotopic (exact) mass is 73.0 g/mol. The van der Waals surface area contributed by atoms with Gasteiger partial charge in [-0.05, 0) is 0 Å². The molecule has 1 aliphatic heterocycles. The van der Waals surface area contributed by atoms with Crippen LogP contribution in [-0.2, 0) is 9.63 Å². The van der Waals surface area contributed by atoms with Gasteiger partial charge in [0.15, 0.2) is 6.73 Å². The second kappa shape index (κ2) is 0.687. The average molecular weight is 73.1 g/mol. The Hall–Kier alpha value is -0.570. The van der Waals surface area contributed by atoms with Crippen molar-refractivity contribution in [1.82, 2.24) is 5.06 Å². The Morgan fingerprint density at radius 2 is 2.60 bits per heavy atom. The highest BCUT2D eigenvalue weighted by Gasteiger charge is 2.13. The Kier molecular flexibility index (Phi) is 0.365. The van der Waals surface area contributed by atoms with Crippen molar-refractivity contribution in [2.24, 2.45) is 0 Å². The van der Waals surface area contributed by atoms with E-state index in [0.29, 0.717) is 13.1 Å². The minimum atomic E-state index is 0.476. The number of nitrogens with zero attached hydrogens (tertiary/aromatic N) is 1. The third kappa shape index (κ3) is 0.357. The Morgan fingerprint density at radius 1 is 2.00 bits per heavy atom. The molecule has 28 valence electrons. The second-order valence-corrected chi connectivity index (χ2v) is 0.781. The highest BCUT2D eigenvalue weighted by molar-refractivity contribution is 5.46. The Bertz CT molecular complexity index is 49.6. The molecule has 3 nitrogen and oxygen atoms in total. The number of hydroxylamine groups is 2. The summed E-state index contributed by atoms with van der Waals surface area (Å²) in [6.45, 7) is 0.476. The molecule has 0 unspecified atom stereocenters. The lowest BCUT2D eigenvalue weighted by Crippen LogP contribution is -1.84. The number of carbonyl (C=O) groups excluding carboxylic acids is 1. The fourth-order valence-electron chi connectivity index (χ4n) is 0.0942. The lowest BCUT2D eigenvalue weighted by molar-refractivity contribution is -0.118. The predicted molar refractivity (Wildman–Crippen MR) is 13.9 cm³/mol. The van der Waals surface area contributed by atoms with Gasteiger partial charge in [-0.3, -0.25) is 4.79 Å². The van der Waals surface area contributed by atoms with E-state index >= 15 is 0 Å². The van der Waals surface area contributed by atoms with E-state index in [2.05, 4.69) is 4.84 Å². The maximum atomic E-state index is 9.37. The highest BCUT2D eigenvalue weighted by atomic mass is 16.8. The molecule has 1 saturated heterocycles. The summed E-state index contributed by atoms with van der Waals surface area (Å²) in [6.07, 6.45) is 0.639. The summed E-state index contributed by atoms with van der Waals surface area (Å²) in [5.41, 5.74) is 0. The first-order valence-electron chi connectivity index (χ1n) is 1.28. The number of amides is 1. The van der Waals surface area contributed by atoms with E-state index < -0.39 is 0 Å². The summed E-state index contributed by atoms with van der Waals surface area (Å²) in [5.74, 6) is 0. The topological polar surface area (TPSA) is 32.6 Å². The van der Waals surface area contributed by atoms with Crippen molar-refractivity contribution in [2.45, 2.75) is 0 Å². The van der Waals surface area contributed by atoms with Crippen molar-refractivity contribution in [3.8, 4) is 0 Å². The summed E-state index contributed by atoms with van der Waals surface area (Å²) in [5, 5.41) is 1.19. The zero-order valence-electron chi connectivity index (χ0n) is 2.55. The van der Waals surface area contributed by atoms with Gasteiger partial charge in [0, 0.05) is 0 Å². The van der Waals surface area contributed by atoms with E-state index in [0.717, 1.165) is 0 Å². The number of hydrogen-bond donors (Lipinski definition) is 0. The molecule has 0 aromatic heterocycles. The van der Waals surface area contributed by atoms with Crippen LogP contribution in [0.15, 0.2) is 0 Å². The molecule has 1 heterocycles. The lowest BCUT2D eigenvalue weighted by atomic mass is 11.2. The molecule has 0 aromatic rings. The molecule has 0 atom stereocenters. The molecule has 1 amide bonds. The van der Waals surface area contributed by atoms with Crippen LogP contribution in [0.25, 0.3) is 0 Å². The van der Waals surface area contributed by atoms with E-state index in [4.69, 9.17) is 0 Å². The molecule has 3 heteroatoms. The van der Waals surface area contributed by atoms with Crippen LogP contribution in [0.5, 0.6) is 0 Å². The SMILES string of the molecule is O=CN1CO1. The smallest absolute Gasteiger partial charge is 0.235 e. The van der Waals surface area contributed by atoms with Gasteiger partial charge < -0.3 is 0 Å². The molecule has 1 rings (SSSR count). The third-order valence-corrected chi connectivity index (χ3v) is 0.396. The summed E-state index contributed by atoms with van der Waals surface area (Å²) >= 11 is 0.